The second kappa shape index (κ2) is 6.58. The summed E-state index contributed by atoms with van der Waals surface area (Å²) >= 11 is 0. The molecular weight excluding hydrogens is 252 g/mol. The number of urea groups is 1. The Balaban J connectivity index is 2.34. The average molecular weight is 268 g/mol. The highest BCUT2D eigenvalue weighted by Gasteiger charge is 2.15. The topological polar surface area (TPSA) is 97.6 Å². The standard InChI is InChI=1S/C12H16N2O5/c1-7(2)13-12(17)14-10(15)6-18-11(16)9-5-4-8(3)19-9/h4-5,7H,6H2,1-3H3,(H2,13,14,15,17). The molecule has 0 aliphatic heterocycles. The summed E-state index contributed by atoms with van der Waals surface area (Å²) < 4.78 is 9.71. The molecule has 0 saturated heterocycles. The maximum Gasteiger partial charge on any atom is 0.374 e. The van der Waals surface area contributed by atoms with E-state index in [1.807, 2.05) is 5.32 Å². The molecule has 0 radical (unpaired) electrons. The van der Waals surface area contributed by atoms with Crippen LogP contribution in [0.3, 0.4) is 0 Å². The van der Waals surface area contributed by atoms with Gasteiger partial charge in [0.1, 0.15) is 5.76 Å². The fraction of sp³-hybridized carbons (Fsp3) is 0.417. The number of rotatable bonds is 4. The van der Waals surface area contributed by atoms with Gasteiger partial charge >= 0.3 is 12.0 Å². The van der Waals surface area contributed by atoms with Gasteiger partial charge in [0.2, 0.25) is 5.76 Å². The second-order valence-corrected chi connectivity index (χ2v) is 4.16. The number of hydrogen-bond donors (Lipinski definition) is 2. The minimum atomic E-state index is -0.757. The summed E-state index contributed by atoms with van der Waals surface area (Å²) in [5.41, 5.74) is 0. The first-order chi connectivity index (χ1) is 8.88. The molecular formula is C12H16N2O5. The molecule has 1 heterocycles. The summed E-state index contributed by atoms with van der Waals surface area (Å²) in [4.78, 5) is 33.9. The number of amides is 3. The van der Waals surface area contributed by atoms with Crippen molar-refractivity contribution in [3.63, 3.8) is 0 Å². The van der Waals surface area contributed by atoms with Crippen LogP contribution in [0.5, 0.6) is 0 Å². The fourth-order valence-electron chi connectivity index (χ4n) is 1.21. The lowest BCUT2D eigenvalue weighted by molar-refractivity contribution is -0.123. The van der Waals surface area contributed by atoms with Crippen LogP contribution in [0.2, 0.25) is 0 Å². The smallest absolute Gasteiger partial charge is 0.374 e. The third-order valence-electron chi connectivity index (χ3n) is 1.95. The Morgan fingerprint density at radius 3 is 2.53 bits per heavy atom. The van der Waals surface area contributed by atoms with Crippen molar-refractivity contribution in [2.45, 2.75) is 26.8 Å². The van der Waals surface area contributed by atoms with Gasteiger partial charge in [-0.05, 0) is 32.9 Å². The quantitative estimate of drug-likeness (QED) is 0.793. The molecule has 0 atom stereocenters. The van der Waals surface area contributed by atoms with Crippen molar-refractivity contribution in [3.05, 3.63) is 23.7 Å². The molecule has 0 aromatic carbocycles. The summed E-state index contributed by atoms with van der Waals surface area (Å²) in [6.45, 7) is 4.64. The van der Waals surface area contributed by atoms with Gasteiger partial charge < -0.3 is 14.5 Å². The lowest BCUT2D eigenvalue weighted by Gasteiger charge is -2.09. The molecule has 0 aliphatic rings. The number of carbonyl (C=O) groups is 3. The minimum absolute atomic E-state index is 0.0110. The molecule has 104 valence electrons. The SMILES string of the molecule is Cc1ccc(C(=O)OCC(=O)NC(=O)NC(C)C)o1. The van der Waals surface area contributed by atoms with Gasteiger partial charge in [0.25, 0.3) is 5.91 Å². The zero-order chi connectivity index (χ0) is 14.4. The van der Waals surface area contributed by atoms with E-state index in [1.54, 1.807) is 26.8 Å². The third-order valence-corrected chi connectivity index (χ3v) is 1.95. The van der Waals surface area contributed by atoms with Gasteiger partial charge in [-0.25, -0.2) is 9.59 Å². The van der Waals surface area contributed by atoms with E-state index in [1.165, 1.54) is 6.07 Å². The fourth-order valence-corrected chi connectivity index (χ4v) is 1.21. The Hall–Kier alpha value is -2.31. The van der Waals surface area contributed by atoms with E-state index in [-0.39, 0.29) is 11.8 Å². The number of carbonyl (C=O) groups excluding carboxylic acids is 3. The van der Waals surface area contributed by atoms with Crippen molar-refractivity contribution in [3.8, 4) is 0 Å². The van der Waals surface area contributed by atoms with Crippen LogP contribution in [0.15, 0.2) is 16.5 Å². The number of hydrogen-bond acceptors (Lipinski definition) is 5. The van der Waals surface area contributed by atoms with E-state index in [9.17, 15) is 14.4 Å². The first-order valence-corrected chi connectivity index (χ1v) is 5.72. The van der Waals surface area contributed by atoms with E-state index < -0.39 is 24.5 Å². The monoisotopic (exact) mass is 268 g/mol. The van der Waals surface area contributed by atoms with Crippen molar-refractivity contribution in [2.24, 2.45) is 0 Å². The molecule has 1 rings (SSSR count). The molecule has 7 heteroatoms. The zero-order valence-electron chi connectivity index (χ0n) is 11.0. The molecule has 3 amide bonds. The molecule has 0 saturated carbocycles. The maximum absolute atomic E-state index is 11.4. The molecule has 0 bridgehead atoms. The summed E-state index contributed by atoms with van der Waals surface area (Å²) in [7, 11) is 0. The number of ether oxygens (including phenoxy) is 1. The highest BCUT2D eigenvalue weighted by Crippen LogP contribution is 2.07. The molecule has 19 heavy (non-hydrogen) atoms. The Bertz CT molecular complexity index is 478. The number of esters is 1. The second-order valence-electron chi connectivity index (χ2n) is 4.16. The van der Waals surface area contributed by atoms with Crippen LogP contribution < -0.4 is 10.6 Å². The van der Waals surface area contributed by atoms with Gasteiger partial charge in [0, 0.05) is 6.04 Å². The Morgan fingerprint density at radius 2 is 2.00 bits per heavy atom. The van der Waals surface area contributed by atoms with Crippen LogP contribution in [0, 0.1) is 6.92 Å². The van der Waals surface area contributed by atoms with Crippen LogP contribution >= 0.6 is 0 Å². The lowest BCUT2D eigenvalue weighted by atomic mass is 10.4. The predicted octanol–water partition coefficient (Wildman–Crippen LogP) is 0.979. The molecule has 0 spiro atoms. The van der Waals surface area contributed by atoms with Gasteiger partial charge in [0.05, 0.1) is 0 Å². The molecule has 1 aromatic rings. The van der Waals surface area contributed by atoms with Gasteiger partial charge in [-0.3, -0.25) is 10.1 Å². The van der Waals surface area contributed by atoms with E-state index in [2.05, 4.69) is 10.1 Å². The molecule has 7 nitrogen and oxygen atoms in total. The van der Waals surface area contributed by atoms with E-state index >= 15 is 0 Å². The predicted molar refractivity (Wildman–Crippen MR) is 65.5 cm³/mol. The van der Waals surface area contributed by atoms with E-state index in [0.717, 1.165) is 0 Å². The van der Waals surface area contributed by atoms with Crippen LogP contribution in [-0.2, 0) is 9.53 Å². The van der Waals surface area contributed by atoms with Crippen molar-refractivity contribution in [2.75, 3.05) is 6.61 Å². The van der Waals surface area contributed by atoms with Gasteiger partial charge in [-0.2, -0.15) is 0 Å². The zero-order valence-corrected chi connectivity index (χ0v) is 11.0. The van der Waals surface area contributed by atoms with E-state index in [0.29, 0.717) is 5.76 Å². The van der Waals surface area contributed by atoms with Crippen molar-refractivity contribution >= 4 is 17.9 Å². The Kier molecular flexibility index (Phi) is 5.11. The van der Waals surface area contributed by atoms with Crippen LogP contribution in [0.4, 0.5) is 4.79 Å². The van der Waals surface area contributed by atoms with Gasteiger partial charge in [-0.1, -0.05) is 0 Å². The number of furan rings is 1. The number of imide groups is 1. The highest BCUT2D eigenvalue weighted by atomic mass is 16.5. The molecule has 2 N–H and O–H groups in total. The molecule has 0 fully saturated rings. The minimum Gasteiger partial charge on any atom is -0.454 e. The maximum atomic E-state index is 11.4. The van der Waals surface area contributed by atoms with E-state index in [4.69, 9.17) is 4.42 Å². The van der Waals surface area contributed by atoms with Gasteiger partial charge in [0.15, 0.2) is 6.61 Å². The van der Waals surface area contributed by atoms with Crippen LogP contribution in [0.1, 0.15) is 30.2 Å². The largest absolute Gasteiger partial charge is 0.454 e. The van der Waals surface area contributed by atoms with Crippen molar-refractivity contribution in [1.29, 1.82) is 0 Å². The summed E-state index contributed by atoms with van der Waals surface area (Å²) in [5, 5.41) is 4.49. The third kappa shape index (κ3) is 5.24. The highest BCUT2D eigenvalue weighted by molar-refractivity contribution is 5.96. The molecule has 1 aromatic heterocycles. The number of nitrogens with one attached hydrogen (secondary N) is 2. The van der Waals surface area contributed by atoms with Gasteiger partial charge in [-0.15, -0.1) is 0 Å². The summed E-state index contributed by atoms with van der Waals surface area (Å²) in [5.74, 6) is -0.896. The Morgan fingerprint density at radius 1 is 1.32 bits per heavy atom. The Labute approximate surface area is 110 Å². The lowest BCUT2D eigenvalue weighted by Crippen LogP contribution is -2.44. The first kappa shape index (κ1) is 14.7. The van der Waals surface area contributed by atoms with Crippen LogP contribution in [0.25, 0.3) is 0 Å². The molecule has 0 aliphatic carbocycles. The number of aryl methyl sites for hydroxylation is 1. The summed E-state index contributed by atoms with van der Waals surface area (Å²) in [6, 6.07) is 2.32. The molecule has 0 unspecified atom stereocenters. The summed E-state index contributed by atoms with van der Waals surface area (Å²) in [6.07, 6.45) is 0. The normalized spacial score (nSPS) is 10.1. The van der Waals surface area contributed by atoms with Crippen molar-refractivity contribution < 1.29 is 23.5 Å². The first-order valence-electron chi connectivity index (χ1n) is 5.72. The van der Waals surface area contributed by atoms with Crippen LogP contribution in [-0.4, -0.2) is 30.6 Å². The van der Waals surface area contributed by atoms with Crippen molar-refractivity contribution in [1.82, 2.24) is 10.6 Å². The average Bonchev–Trinajstić information content (AvgIpc) is 2.71.